The van der Waals surface area contributed by atoms with Crippen LogP contribution in [0, 0.1) is 0 Å². The Balaban J connectivity index is 0.000000198. The van der Waals surface area contributed by atoms with Gasteiger partial charge in [-0.05, 0) is 102 Å². The highest BCUT2D eigenvalue weighted by Gasteiger charge is 2.30. The van der Waals surface area contributed by atoms with Gasteiger partial charge in [0, 0.05) is 32.4 Å². The van der Waals surface area contributed by atoms with Gasteiger partial charge in [-0.15, -0.1) is 0 Å². The van der Waals surface area contributed by atoms with Crippen molar-refractivity contribution in [1.82, 2.24) is 28.6 Å². The second-order valence-corrected chi connectivity index (χ2v) is 17.4. The Kier molecular flexibility index (Phi) is 13.9. The van der Waals surface area contributed by atoms with Crippen molar-refractivity contribution >= 4 is 20.0 Å². The molecule has 0 atom stereocenters. The lowest BCUT2D eigenvalue weighted by Gasteiger charge is -2.25. The molecule has 0 radical (unpaired) electrons. The van der Waals surface area contributed by atoms with E-state index in [4.69, 9.17) is 18.9 Å². The molecule has 0 bridgehead atoms. The zero-order valence-corrected chi connectivity index (χ0v) is 34.5. The first-order chi connectivity index (χ1) is 28.0. The molecule has 2 heterocycles. The van der Waals surface area contributed by atoms with Crippen LogP contribution in [0.25, 0.3) is 0 Å². The maximum atomic E-state index is 13.5. The predicted octanol–water partition coefficient (Wildman–Crippen LogP) is 6.83. The van der Waals surface area contributed by atoms with E-state index in [1.54, 1.807) is 45.4 Å². The molecule has 1 aliphatic carbocycles. The highest BCUT2D eigenvalue weighted by molar-refractivity contribution is 7.89. The molecule has 14 nitrogen and oxygen atoms in total. The van der Waals surface area contributed by atoms with Gasteiger partial charge in [0.2, 0.25) is 0 Å². The lowest BCUT2D eigenvalue weighted by Crippen LogP contribution is -2.31. The van der Waals surface area contributed by atoms with E-state index in [9.17, 15) is 16.8 Å². The van der Waals surface area contributed by atoms with Crippen LogP contribution >= 0.6 is 0 Å². The third kappa shape index (κ3) is 10.4. The summed E-state index contributed by atoms with van der Waals surface area (Å²) in [6, 6.07) is 32.8. The molecule has 1 fully saturated rings. The van der Waals surface area contributed by atoms with Gasteiger partial charge in [-0.3, -0.25) is 9.78 Å². The number of ether oxygens (including phenoxy) is 4. The van der Waals surface area contributed by atoms with E-state index in [2.05, 4.69) is 15.3 Å². The molecule has 16 heteroatoms. The molecule has 0 saturated heterocycles. The fourth-order valence-electron chi connectivity index (χ4n) is 6.16. The first-order valence-corrected chi connectivity index (χ1v) is 21.5. The number of rotatable bonds is 17. The lowest BCUT2D eigenvalue weighted by atomic mass is 9.93. The molecule has 1 N–H and O–H groups in total. The number of methoxy groups -OCH3 is 4. The third-order valence-corrected chi connectivity index (χ3v) is 13.2. The Hall–Kier alpha value is -5.68. The van der Waals surface area contributed by atoms with Gasteiger partial charge >= 0.3 is 0 Å². The summed E-state index contributed by atoms with van der Waals surface area (Å²) in [7, 11) is -1.13. The number of nitrogens with one attached hydrogen (secondary N) is 1. The number of aromatic nitrogens is 4. The number of nitrogens with zero attached hydrogens (tertiary/aromatic N) is 5. The Bertz CT molecular complexity index is 2300. The third-order valence-electron chi connectivity index (χ3n) is 9.80. The van der Waals surface area contributed by atoms with Gasteiger partial charge in [0.1, 0.15) is 23.0 Å². The molecule has 6 aromatic rings. The van der Waals surface area contributed by atoms with Gasteiger partial charge in [0.05, 0.1) is 40.7 Å². The van der Waals surface area contributed by atoms with Crippen molar-refractivity contribution in [2.24, 2.45) is 0 Å². The summed E-state index contributed by atoms with van der Waals surface area (Å²) in [6.07, 6.45) is 6.44. The van der Waals surface area contributed by atoms with Crippen LogP contribution in [0.15, 0.2) is 132 Å². The van der Waals surface area contributed by atoms with E-state index in [-0.39, 0.29) is 36.2 Å². The number of sulfonamides is 2. The summed E-state index contributed by atoms with van der Waals surface area (Å²) in [5.74, 6) is 2.90. The number of aromatic amines is 1. The molecular formula is C42H48N6O8S2. The standard InChI is InChI=1S/C23H27N3O4S.C19H21N3O4S/c1-29-21-10-6-18(7-11-21)16-25(17-19-8-12-22(30-2)13-9-19)31(27,28)23-14-15-26(24-23)20-4-3-5-20;1-25-17-7-3-15(4-8-17)13-22(27(23,24)19-11-12-20-21-19)14-16-5-9-18(26-2)10-6-16/h6-15,20H,3-5,16-17H2,1-2H3;3-12H,13-14H2,1-2H3,(H,20,21). The van der Waals surface area contributed by atoms with E-state index in [1.807, 2.05) is 97.1 Å². The van der Waals surface area contributed by atoms with Crippen molar-refractivity contribution in [1.29, 1.82) is 0 Å². The predicted molar refractivity (Wildman–Crippen MR) is 219 cm³/mol. The fourth-order valence-corrected chi connectivity index (χ4v) is 8.81. The molecule has 2 aromatic heterocycles. The Labute approximate surface area is 340 Å². The van der Waals surface area contributed by atoms with Crippen molar-refractivity contribution in [2.75, 3.05) is 28.4 Å². The van der Waals surface area contributed by atoms with Crippen LogP contribution in [0.5, 0.6) is 23.0 Å². The van der Waals surface area contributed by atoms with E-state index in [1.165, 1.54) is 20.9 Å². The van der Waals surface area contributed by atoms with Gasteiger partial charge in [0.25, 0.3) is 20.0 Å². The molecule has 1 aliphatic rings. The molecule has 4 aromatic carbocycles. The second-order valence-electron chi connectivity index (χ2n) is 13.6. The molecule has 7 rings (SSSR count). The summed E-state index contributed by atoms with van der Waals surface area (Å²) in [5, 5.41) is 10.9. The maximum absolute atomic E-state index is 13.5. The second kappa shape index (κ2) is 19.2. The normalized spacial score (nSPS) is 13.1. The Morgan fingerprint density at radius 1 is 0.569 bits per heavy atom. The monoisotopic (exact) mass is 828 g/mol. The summed E-state index contributed by atoms with van der Waals surface area (Å²) in [6.45, 7) is 0.901. The highest BCUT2D eigenvalue weighted by atomic mass is 32.2. The highest BCUT2D eigenvalue weighted by Crippen LogP contribution is 2.32. The maximum Gasteiger partial charge on any atom is 0.262 e. The van der Waals surface area contributed by atoms with Crippen LogP contribution in [-0.4, -0.2) is 73.9 Å². The summed E-state index contributed by atoms with van der Waals surface area (Å²) < 4.78 is 78.6. The fraction of sp³-hybridized carbons (Fsp3) is 0.286. The van der Waals surface area contributed by atoms with Crippen molar-refractivity contribution in [3.8, 4) is 23.0 Å². The minimum absolute atomic E-state index is 0.0597. The van der Waals surface area contributed by atoms with Gasteiger partial charge in [-0.1, -0.05) is 48.5 Å². The van der Waals surface area contributed by atoms with Crippen molar-refractivity contribution in [3.63, 3.8) is 0 Å². The van der Waals surface area contributed by atoms with Crippen molar-refractivity contribution in [2.45, 2.75) is 61.5 Å². The van der Waals surface area contributed by atoms with Crippen LogP contribution < -0.4 is 18.9 Å². The molecule has 306 valence electrons. The van der Waals surface area contributed by atoms with Crippen molar-refractivity contribution in [3.05, 3.63) is 144 Å². The topological polar surface area (TPSA) is 158 Å². The van der Waals surface area contributed by atoms with E-state index in [0.29, 0.717) is 6.04 Å². The zero-order chi connectivity index (χ0) is 41.1. The van der Waals surface area contributed by atoms with Crippen LogP contribution in [-0.2, 0) is 46.2 Å². The Morgan fingerprint density at radius 3 is 1.26 bits per heavy atom. The molecular weight excluding hydrogens is 781 g/mol. The van der Waals surface area contributed by atoms with Crippen LogP contribution in [0.3, 0.4) is 0 Å². The van der Waals surface area contributed by atoms with Gasteiger partial charge in [-0.2, -0.15) is 18.8 Å². The van der Waals surface area contributed by atoms with Gasteiger partial charge in [-0.25, -0.2) is 16.8 Å². The molecule has 0 aliphatic heterocycles. The summed E-state index contributed by atoms with van der Waals surface area (Å²) in [5.41, 5.74) is 3.45. The smallest absolute Gasteiger partial charge is 0.262 e. The van der Waals surface area contributed by atoms with Crippen LogP contribution in [0.4, 0.5) is 0 Å². The Morgan fingerprint density at radius 2 is 0.948 bits per heavy atom. The first-order valence-electron chi connectivity index (χ1n) is 18.6. The molecule has 0 unspecified atom stereocenters. The van der Waals surface area contributed by atoms with Crippen LogP contribution in [0.1, 0.15) is 47.6 Å². The summed E-state index contributed by atoms with van der Waals surface area (Å²) in [4.78, 5) is 0. The molecule has 0 amide bonds. The molecule has 1 saturated carbocycles. The van der Waals surface area contributed by atoms with Gasteiger partial charge in [0.15, 0.2) is 10.1 Å². The number of benzene rings is 4. The largest absolute Gasteiger partial charge is 0.497 e. The molecule has 0 spiro atoms. The van der Waals surface area contributed by atoms with Gasteiger partial charge < -0.3 is 18.9 Å². The number of H-pyrrole nitrogens is 1. The lowest BCUT2D eigenvalue weighted by molar-refractivity contribution is 0.285. The average molecular weight is 829 g/mol. The number of hydrogen-bond donors (Lipinski definition) is 1. The number of hydrogen-bond acceptors (Lipinski definition) is 10. The SMILES string of the molecule is COc1ccc(CN(Cc2ccc(OC)cc2)S(=O)(=O)c2ccn(C3CCC3)n2)cc1.COc1ccc(CN(Cc2ccc(OC)cc2)S(=O)(=O)c2ccn[nH]2)cc1. The molecule has 58 heavy (non-hydrogen) atoms. The zero-order valence-electron chi connectivity index (χ0n) is 32.9. The van der Waals surface area contributed by atoms with E-state index < -0.39 is 20.0 Å². The minimum Gasteiger partial charge on any atom is -0.497 e. The summed E-state index contributed by atoms with van der Waals surface area (Å²) >= 11 is 0. The van der Waals surface area contributed by atoms with Crippen molar-refractivity contribution < 1.29 is 35.8 Å². The van der Waals surface area contributed by atoms with E-state index in [0.717, 1.165) is 64.5 Å². The first kappa shape index (κ1) is 41.9. The van der Waals surface area contributed by atoms with Crippen LogP contribution in [0.2, 0.25) is 0 Å². The minimum atomic E-state index is -3.79. The van der Waals surface area contributed by atoms with E-state index >= 15 is 0 Å². The average Bonchev–Trinajstić information content (AvgIpc) is 3.96. The quantitative estimate of drug-likeness (QED) is 0.103.